The van der Waals surface area contributed by atoms with E-state index in [0.29, 0.717) is 18.8 Å². The first-order valence-electron chi connectivity index (χ1n) is 10.5. The summed E-state index contributed by atoms with van der Waals surface area (Å²) in [5.41, 5.74) is 5.39. The van der Waals surface area contributed by atoms with E-state index in [2.05, 4.69) is 16.0 Å². The highest BCUT2D eigenvalue weighted by Gasteiger charge is 2.33. The lowest BCUT2D eigenvalue weighted by atomic mass is 9.95. The molecule has 0 fully saturated rings. The SMILES string of the molecule is Cc1ccc(NC(=O)Nc2ccc(C3CN=C4c5ccccc5NC(=O)N4C3)cc2)cc1. The Morgan fingerprint density at radius 3 is 2.34 bits per heavy atom. The summed E-state index contributed by atoms with van der Waals surface area (Å²) in [5, 5.41) is 8.60. The third-order valence-electron chi connectivity index (χ3n) is 5.72. The van der Waals surface area contributed by atoms with Crippen molar-refractivity contribution in [3.8, 4) is 0 Å². The molecule has 7 heteroatoms. The van der Waals surface area contributed by atoms with Crippen molar-refractivity contribution < 1.29 is 9.59 Å². The first-order chi connectivity index (χ1) is 15.6. The maximum atomic E-state index is 12.6. The lowest BCUT2D eigenvalue weighted by Gasteiger charge is -2.36. The fourth-order valence-corrected chi connectivity index (χ4v) is 4.01. The highest BCUT2D eigenvalue weighted by molar-refractivity contribution is 6.18. The second-order valence-corrected chi connectivity index (χ2v) is 8.01. The van der Waals surface area contributed by atoms with Crippen LogP contribution in [0.4, 0.5) is 26.7 Å². The highest BCUT2D eigenvalue weighted by atomic mass is 16.2. The van der Waals surface area contributed by atoms with Crippen LogP contribution in [-0.4, -0.2) is 35.9 Å². The predicted molar refractivity (Wildman–Crippen MR) is 127 cm³/mol. The fraction of sp³-hybridized carbons (Fsp3) is 0.160. The zero-order valence-corrected chi connectivity index (χ0v) is 17.6. The van der Waals surface area contributed by atoms with E-state index < -0.39 is 0 Å². The largest absolute Gasteiger partial charge is 0.327 e. The summed E-state index contributed by atoms with van der Waals surface area (Å²) in [6.07, 6.45) is 0. The van der Waals surface area contributed by atoms with E-state index in [9.17, 15) is 9.59 Å². The minimum absolute atomic E-state index is 0.0881. The highest BCUT2D eigenvalue weighted by Crippen LogP contribution is 2.30. The van der Waals surface area contributed by atoms with Crippen molar-refractivity contribution in [2.24, 2.45) is 4.99 Å². The van der Waals surface area contributed by atoms with E-state index >= 15 is 0 Å². The van der Waals surface area contributed by atoms with Crippen molar-refractivity contribution in [1.29, 1.82) is 0 Å². The van der Waals surface area contributed by atoms with Gasteiger partial charge in [-0.15, -0.1) is 0 Å². The zero-order chi connectivity index (χ0) is 22.1. The van der Waals surface area contributed by atoms with Crippen LogP contribution < -0.4 is 16.0 Å². The minimum atomic E-state index is -0.294. The van der Waals surface area contributed by atoms with Crippen LogP contribution in [0.15, 0.2) is 77.8 Å². The van der Waals surface area contributed by atoms with Crippen molar-refractivity contribution >= 4 is 35.0 Å². The molecule has 3 aromatic carbocycles. The van der Waals surface area contributed by atoms with Crippen molar-refractivity contribution in [1.82, 2.24) is 4.90 Å². The average Bonchev–Trinajstić information content (AvgIpc) is 2.81. The molecule has 32 heavy (non-hydrogen) atoms. The zero-order valence-electron chi connectivity index (χ0n) is 17.6. The number of urea groups is 2. The molecular weight excluding hydrogens is 402 g/mol. The number of aliphatic imine (C=N–C) groups is 1. The van der Waals surface area contributed by atoms with Gasteiger partial charge in [-0.2, -0.15) is 0 Å². The Morgan fingerprint density at radius 1 is 0.969 bits per heavy atom. The molecule has 0 aromatic heterocycles. The smallest absolute Gasteiger partial charge is 0.308 e. The molecule has 0 saturated carbocycles. The van der Waals surface area contributed by atoms with Crippen LogP contribution in [0.5, 0.6) is 0 Å². The number of hydrogen-bond acceptors (Lipinski definition) is 3. The Balaban J connectivity index is 1.26. The molecule has 2 aliphatic heterocycles. The Bertz CT molecular complexity index is 1200. The molecule has 0 aliphatic carbocycles. The van der Waals surface area contributed by atoms with Gasteiger partial charge in [0.05, 0.1) is 5.69 Å². The summed E-state index contributed by atoms with van der Waals surface area (Å²) in [6, 6.07) is 22.6. The third-order valence-corrected chi connectivity index (χ3v) is 5.72. The molecular formula is C25H23N5O2. The number of anilines is 3. The van der Waals surface area contributed by atoms with Crippen LogP contribution in [0.25, 0.3) is 0 Å². The molecule has 0 spiro atoms. The number of para-hydroxylation sites is 1. The number of fused-ring (bicyclic) bond motifs is 3. The first kappa shape index (κ1) is 19.8. The molecule has 160 valence electrons. The van der Waals surface area contributed by atoms with E-state index in [-0.39, 0.29) is 18.0 Å². The number of amidine groups is 1. The summed E-state index contributed by atoms with van der Waals surface area (Å²) in [6.45, 7) is 3.16. The van der Waals surface area contributed by atoms with Gasteiger partial charge in [0.2, 0.25) is 0 Å². The lowest BCUT2D eigenvalue weighted by Crippen LogP contribution is -2.49. The molecule has 2 aliphatic rings. The second kappa shape index (κ2) is 8.19. The van der Waals surface area contributed by atoms with Gasteiger partial charge in [0, 0.05) is 35.9 Å². The molecule has 3 aromatic rings. The fourth-order valence-electron chi connectivity index (χ4n) is 4.01. The van der Waals surface area contributed by atoms with Gasteiger partial charge < -0.3 is 16.0 Å². The molecule has 1 unspecified atom stereocenters. The Kier molecular flexibility index (Phi) is 5.07. The van der Waals surface area contributed by atoms with Crippen molar-refractivity contribution in [2.45, 2.75) is 12.8 Å². The number of amides is 4. The summed E-state index contributed by atoms with van der Waals surface area (Å²) in [4.78, 5) is 31.3. The van der Waals surface area contributed by atoms with Crippen LogP contribution in [0, 0.1) is 6.92 Å². The molecule has 0 saturated heterocycles. The van der Waals surface area contributed by atoms with Gasteiger partial charge in [-0.3, -0.25) is 9.89 Å². The molecule has 1 atom stereocenters. The van der Waals surface area contributed by atoms with E-state index in [4.69, 9.17) is 4.99 Å². The maximum Gasteiger partial charge on any atom is 0.327 e. The minimum Gasteiger partial charge on any atom is -0.308 e. The summed E-state index contributed by atoms with van der Waals surface area (Å²) in [5.74, 6) is 0.817. The number of benzene rings is 3. The van der Waals surface area contributed by atoms with Gasteiger partial charge in [-0.05, 0) is 48.9 Å². The van der Waals surface area contributed by atoms with E-state index in [0.717, 1.165) is 33.9 Å². The van der Waals surface area contributed by atoms with E-state index in [1.54, 1.807) is 4.90 Å². The van der Waals surface area contributed by atoms with Crippen molar-refractivity contribution in [2.75, 3.05) is 29.0 Å². The van der Waals surface area contributed by atoms with Gasteiger partial charge in [0.1, 0.15) is 5.84 Å². The summed E-state index contributed by atoms with van der Waals surface area (Å²) >= 11 is 0. The number of nitrogens with one attached hydrogen (secondary N) is 3. The molecule has 2 heterocycles. The number of nitrogens with zero attached hydrogens (tertiary/aromatic N) is 2. The quantitative estimate of drug-likeness (QED) is 0.550. The molecule has 3 N–H and O–H groups in total. The van der Waals surface area contributed by atoms with Crippen LogP contribution in [0.1, 0.15) is 22.6 Å². The average molecular weight is 425 g/mol. The van der Waals surface area contributed by atoms with Crippen LogP contribution >= 0.6 is 0 Å². The van der Waals surface area contributed by atoms with Gasteiger partial charge in [0.15, 0.2) is 0 Å². The molecule has 0 radical (unpaired) electrons. The van der Waals surface area contributed by atoms with Gasteiger partial charge in [-0.1, -0.05) is 42.0 Å². The summed E-state index contributed by atoms with van der Waals surface area (Å²) < 4.78 is 0. The number of carbonyl (C=O) groups excluding carboxylic acids is 2. The standard InChI is InChI=1S/C25H23N5O2/c1-16-6-10-19(11-7-16)27-24(31)28-20-12-8-17(9-13-20)18-14-26-23-21-4-2-3-5-22(21)29-25(32)30(23)15-18/h2-13,18H,14-15H2,1H3,(H,29,32)(H2,27,28,31). The second-order valence-electron chi connectivity index (χ2n) is 8.01. The predicted octanol–water partition coefficient (Wildman–Crippen LogP) is 5.03. The first-order valence-corrected chi connectivity index (χ1v) is 10.5. The third kappa shape index (κ3) is 3.92. The Hall–Kier alpha value is -4.13. The Labute approximate surface area is 186 Å². The topological polar surface area (TPSA) is 85.8 Å². The summed E-state index contributed by atoms with van der Waals surface area (Å²) in [7, 11) is 0. The van der Waals surface area contributed by atoms with Crippen LogP contribution in [0.3, 0.4) is 0 Å². The molecule has 0 bridgehead atoms. The number of aryl methyl sites for hydroxylation is 1. The molecule has 4 amide bonds. The van der Waals surface area contributed by atoms with E-state index in [1.165, 1.54) is 0 Å². The Morgan fingerprint density at radius 2 is 1.62 bits per heavy atom. The maximum absolute atomic E-state index is 12.6. The van der Waals surface area contributed by atoms with Gasteiger partial charge in [-0.25, -0.2) is 9.59 Å². The number of carbonyl (C=O) groups is 2. The van der Waals surface area contributed by atoms with Gasteiger partial charge in [0.25, 0.3) is 0 Å². The van der Waals surface area contributed by atoms with Crippen molar-refractivity contribution in [3.05, 3.63) is 89.5 Å². The molecule has 7 nitrogen and oxygen atoms in total. The van der Waals surface area contributed by atoms with Crippen LogP contribution in [-0.2, 0) is 0 Å². The number of hydrogen-bond donors (Lipinski definition) is 3. The molecule has 5 rings (SSSR count). The van der Waals surface area contributed by atoms with E-state index in [1.807, 2.05) is 79.7 Å². The normalized spacial score (nSPS) is 16.9. The van der Waals surface area contributed by atoms with Crippen LogP contribution in [0.2, 0.25) is 0 Å². The monoisotopic (exact) mass is 425 g/mol. The number of rotatable bonds is 3. The van der Waals surface area contributed by atoms with Crippen molar-refractivity contribution in [3.63, 3.8) is 0 Å². The van der Waals surface area contributed by atoms with Gasteiger partial charge >= 0.3 is 12.1 Å². The lowest BCUT2D eigenvalue weighted by molar-refractivity contribution is 0.229.